The molecule has 8 nitrogen and oxygen atoms in total. The summed E-state index contributed by atoms with van der Waals surface area (Å²) < 4.78 is 7.32. The predicted octanol–water partition coefficient (Wildman–Crippen LogP) is 1.59. The van der Waals surface area contributed by atoms with E-state index in [-0.39, 0.29) is 18.6 Å². The first-order chi connectivity index (χ1) is 12.5. The SMILES string of the molecule is CC(C)C[C@H]([NH3+])c1nnc2n1NC(c1ccc3c(c1)NC(=O)CO3)=CS2. The summed E-state index contributed by atoms with van der Waals surface area (Å²) in [6.07, 6.45) is 0.936. The molecule has 5 N–H and O–H groups in total. The van der Waals surface area contributed by atoms with Crippen molar-refractivity contribution in [1.29, 1.82) is 0 Å². The highest BCUT2D eigenvalue weighted by molar-refractivity contribution is 8.02. The molecule has 0 aliphatic carbocycles. The minimum Gasteiger partial charge on any atom is -0.482 e. The number of nitrogens with one attached hydrogen (secondary N) is 2. The first kappa shape index (κ1) is 16.9. The van der Waals surface area contributed by atoms with Crippen LogP contribution in [0.4, 0.5) is 5.69 Å². The molecule has 1 aromatic carbocycles. The van der Waals surface area contributed by atoms with Crippen molar-refractivity contribution >= 4 is 29.1 Å². The second kappa shape index (κ2) is 6.65. The number of anilines is 1. The number of quaternary nitrogens is 1. The summed E-state index contributed by atoms with van der Waals surface area (Å²) in [7, 11) is 0. The van der Waals surface area contributed by atoms with E-state index in [1.54, 1.807) is 0 Å². The molecular formula is C17H21N6O2S+. The van der Waals surface area contributed by atoms with E-state index in [4.69, 9.17) is 4.74 Å². The number of nitrogens with zero attached hydrogens (tertiary/aromatic N) is 3. The number of ether oxygens (including phenoxy) is 1. The molecule has 0 spiro atoms. The van der Waals surface area contributed by atoms with Crippen LogP contribution >= 0.6 is 11.8 Å². The van der Waals surface area contributed by atoms with Gasteiger partial charge < -0.3 is 15.8 Å². The lowest BCUT2D eigenvalue weighted by Gasteiger charge is -2.22. The Hall–Kier alpha value is -2.52. The van der Waals surface area contributed by atoms with E-state index in [0.29, 0.717) is 17.4 Å². The molecule has 1 amide bonds. The largest absolute Gasteiger partial charge is 0.482 e. The van der Waals surface area contributed by atoms with Crippen molar-refractivity contribution in [3.63, 3.8) is 0 Å². The molecule has 0 unspecified atom stereocenters. The van der Waals surface area contributed by atoms with Crippen LogP contribution in [0.2, 0.25) is 0 Å². The molecule has 3 heterocycles. The Balaban J connectivity index is 1.60. The maximum absolute atomic E-state index is 11.6. The lowest BCUT2D eigenvalue weighted by atomic mass is 10.0. The topological polar surface area (TPSA) is 109 Å². The molecule has 0 bridgehead atoms. The van der Waals surface area contributed by atoms with Crippen LogP contribution in [0, 0.1) is 5.92 Å². The van der Waals surface area contributed by atoms with Gasteiger partial charge in [0, 0.05) is 17.4 Å². The summed E-state index contributed by atoms with van der Waals surface area (Å²) in [4.78, 5) is 11.6. The number of carbonyl (C=O) groups is 1. The van der Waals surface area contributed by atoms with Crippen LogP contribution in [0.3, 0.4) is 0 Å². The quantitative estimate of drug-likeness (QED) is 0.751. The molecule has 26 heavy (non-hydrogen) atoms. The zero-order valence-electron chi connectivity index (χ0n) is 14.7. The zero-order chi connectivity index (χ0) is 18.3. The Morgan fingerprint density at radius 3 is 3.04 bits per heavy atom. The van der Waals surface area contributed by atoms with Gasteiger partial charge in [-0.1, -0.05) is 25.6 Å². The Morgan fingerprint density at radius 2 is 2.23 bits per heavy atom. The van der Waals surface area contributed by atoms with Crippen molar-refractivity contribution in [2.24, 2.45) is 5.92 Å². The molecule has 9 heteroatoms. The van der Waals surface area contributed by atoms with Gasteiger partial charge in [-0.25, -0.2) is 4.68 Å². The van der Waals surface area contributed by atoms with Gasteiger partial charge >= 0.3 is 0 Å². The highest BCUT2D eigenvalue weighted by Crippen LogP contribution is 2.34. The van der Waals surface area contributed by atoms with Crippen molar-refractivity contribution in [1.82, 2.24) is 14.9 Å². The first-order valence-electron chi connectivity index (χ1n) is 8.50. The fourth-order valence-corrected chi connectivity index (χ4v) is 3.79. The van der Waals surface area contributed by atoms with Crippen LogP contribution in [-0.4, -0.2) is 27.4 Å². The van der Waals surface area contributed by atoms with E-state index in [1.165, 1.54) is 11.8 Å². The normalized spacial score (nSPS) is 16.8. The molecule has 2 aliphatic rings. The van der Waals surface area contributed by atoms with Crippen molar-refractivity contribution < 1.29 is 15.3 Å². The molecule has 136 valence electrons. The second-order valence-electron chi connectivity index (χ2n) is 6.81. The van der Waals surface area contributed by atoms with Crippen molar-refractivity contribution in [2.75, 3.05) is 17.3 Å². The highest BCUT2D eigenvalue weighted by atomic mass is 32.2. The Kier molecular flexibility index (Phi) is 4.33. The summed E-state index contributed by atoms with van der Waals surface area (Å²) in [5, 5.41) is 14.2. The number of carbonyl (C=O) groups excluding carboxylic acids is 1. The van der Waals surface area contributed by atoms with E-state index < -0.39 is 0 Å². The van der Waals surface area contributed by atoms with Crippen LogP contribution in [-0.2, 0) is 4.79 Å². The van der Waals surface area contributed by atoms with Gasteiger partial charge in [0.2, 0.25) is 11.0 Å². The van der Waals surface area contributed by atoms with Gasteiger partial charge in [-0.3, -0.25) is 10.2 Å². The number of fused-ring (bicyclic) bond motifs is 2. The van der Waals surface area contributed by atoms with Gasteiger partial charge in [0.25, 0.3) is 5.91 Å². The summed E-state index contributed by atoms with van der Waals surface area (Å²) >= 11 is 1.51. The predicted molar refractivity (Wildman–Crippen MR) is 98.9 cm³/mol. The van der Waals surface area contributed by atoms with Crippen LogP contribution in [0.5, 0.6) is 5.75 Å². The van der Waals surface area contributed by atoms with E-state index in [0.717, 1.165) is 28.7 Å². The summed E-state index contributed by atoms with van der Waals surface area (Å²) in [5.41, 5.74) is 10.1. The summed E-state index contributed by atoms with van der Waals surface area (Å²) in [6.45, 7) is 4.39. The second-order valence-corrected chi connectivity index (χ2v) is 7.65. The van der Waals surface area contributed by atoms with Crippen LogP contribution in [0.1, 0.15) is 37.7 Å². The Morgan fingerprint density at radius 1 is 1.38 bits per heavy atom. The van der Waals surface area contributed by atoms with Crippen molar-refractivity contribution in [2.45, 2.75) is 31.5 Å². The Bertz CT molecular complexity index is 891. The monoisotopic (exact) mass is 373 g/mol. The average Bonchev–Trinajstić information content (AvgIpc) is 3.03. The number of amides is 1. The fourth-order valence-electron chi connectivity index (χ4n) is 3.04. The number of thioether (sulfide) groups is 1. The van der Waals surface area contributed by atoms with Crippen molar-refractivity contribution in [3.05, 3.63) is 35.0 Å². The van der Waals surface area contributed by atoms with E-state index in [2.05, 4.69) is 40.5 Å². The summed E-state index contributed by atoms with van der Waals surface area (Å²) in [5.74, 6) is 1.88. The molecule has 0 saturated carbocycles. The van der Waals surface area contributed by atoms with Gasteiger partial charge in [-0.2, -0.15) is 0 Å². The first-order valence-corrected chi connectivity index (χ1v) is 9.38. The average molecular weight is 373 g/mol. The number of rotatable bonds is 4. The minimum atomic E-state index is -0.147. The molecule has 0 radical (unpaired) electrons. The van der Waals surface area contributed by atoms with Gasteiger partial charge in [-0.15, -0.1) is 10.2 Å². The molecule has 2 aliphatic heterocycles. The van der Waals surface area contributed by atoms with E-state index in [1.807, 2.05) is 28.3 Å². The molecule has 2 aromatic rings. The molecule has 4 rings (SSSR count). The molecule has 1 atom stereocenters. The third-order valence-corrected chi connectivity index (χ3v) is 5.05. The molecule has 0 saturated heterocycles. The molecule has 1 aromatic heterocycles. The number of benzene rings is 1. The van der Waals surface area contributed by atoms with Crippen LogP contribution in [0.25, 0.3) is 5.70 Å². The zero-order valence-corrected chi connectivity index (χ0v) is 15.5. The molecule has 0 fully saturated rings. The molecular weight excluding hydrogens is 352 g/mol. The van der Waals surface area contributed by atoms with Crippen LogP contribution < -0.4 is 21.2 Å². The van der Waals surface area contributed by atoms with Crippen molar-refractivity contribution in [3.8, 4) is 5.75 Å². The van der Waals surface area contributed by atoms with Crippen LogP contribution in [0.15, 0.2) is 28.8 Å². The number of aromatic nitrogens is 3. The standard InChI is InChI=1S/C17H20N6O2S/c1-9(2)5-11(18)16-20-21-17-23(16)22-13(8-26-17)10-3-4-14-12(6-10)19-15(24)7-25-14/h3-4,6,8-9,11,22H,5,7,18H2,1-2H3,(H,19,24)/p+1/t11-/m0/s1. The third-order valence-electron chi connectivity index (χ3n) is 4.22. The van der Waals surface area contributed by atoms with E-state index in [9.17, 15) is 4.79 Å². The number of hydrogen-bond acceptors (Lipinski definition) is 6. The lowest BCUT2D eigenvalue weighted by molar-refractivity contribution is -0.432. The van der Waals surface area contributed by atoms with Gasteiger partial charge in [0.05, 0.1) is 11.4 Å². The third kappa shape index (κ3) is 3.15. The smallest absolute Gasteiger partial charge is 0.262 e. The van der Waals surface area contributed by atoms with Gasteiger partial charge in [0.1, 0.15) is 11.8 Å². The van der Waals surface area contributed by atoms with E-state index >= 15 is 0 Å². The lowest BCUT2D eigenvalue weighted by Crippen LogP contribution is -2.55. The minimum absolute atomic E-state index is 0.0529. The Labute approximate surface area is 155 Å². The maximum atomic E-state index is 11.6. The highest BCUT2D eigenvalue weighted by Gasteiger charge is 2.25. The van der Waals surface area contributed by atoms with Gasteiger partial charge in [0.15, 0.2) is 6.61 Å². The fraction of sp³-hybridized carbons (Fsp3) is 0.353. The maximum Gasteiger partial charge on any atom is 0.262 e. The summed E-state index contributed by atoms with van der Waals surface area (Å²) in [6, 6.07) is 5.78. The van der Waals surface area contributed by atoms with Gasteiger partial charge in [-0.05, 0) is 24.1 Å². The number of hydrogen-bond donors (Lipinski definition) is 3.